The minimum Gasteiger partial charge on any atom is -0.337 e. The van der Waals surface area contributed by atoms with Crippen molar-refractivity contribution in [3.05, 3.63) is 41.2 Å². The van der Waals surface area contributed by atoms with Crippen LogP contribution in [0.1, 0.15) is 29.7 Å². The van der Waals surface area contributed by atoms with Gasteiger partial charge in [-0.1, -0.05) is 12.2 Å². The Morgan fingerprint density at radius 2 is 2.00 bits per heavy atom. The maximum atomic E-state index is 13.0. The van der Waals surface area contributed by atoms with Crippen LogP contribution in [0, 0.1) is 5.41 Å². The molecule has 4 nitrogen and oxygen atoms in total. The van der Waals surface area contributed by atoms with E-state index >= 15 is 0 Å². The lowest BCUT2D eigenvalue weighted by molar-refractivity contribution is -0.169. The number of amides is 1. The van der Waals surface area contributed by atoms with Crippen molar-refractivity contribution in [3.63, 3.8) is 0 Å². The first kappa shape index (κ1) is 19.7. The molecule has 1 aromatic heterocycles. The number of fused-ring (bicyclic) bond motifs is 1. The average Bonchev–Trinajstić information content (AvgIpc) is 2.92. The van der Waals surface area contributed by atoms with Crippen LogP contribution in [0.15, 0.2) is 24.4 Å². The number of halogens is 6. The van der Waals surface area contributed by atoms with E-state index in [1.165, 1.54) is 12.2 Å². The Morgan fingerprint density at radius 1 is 1.30 bits per heavy atom. The summed E-state index contributed by atoms with van der Waals surface area (Å²) in [6.45, 7) is -0.124. The summed E-state index contributed by atoms with van der Waals surface area (Å²) >= 11 is 0. The molecule has 0 unspecified atom stereocenters. The van der Waals surface area contributed by atoms with E-state index in [0.29, 0.717) is 5.69 Å². The second-order valence-electron chi connectivity index (χ2n) is 6.98. The van der Waals surface area contributed by atoms with Crippen molar-refractivity contribution in [2.24, 2.45) is 11.1 Å². The number of hydrogen-bond donors (Lipinski definition) is 1. The molecule has 3 rings (SSSR count). The van der Waals surface area contributed by atoms with Gasteiger partial charge in [-0.2, -0.15) is 26.3 Å². The highest BCUT2D eigenvalue weighted by Gasteiger charge is 2.50. The van der Waals surface area contributed by atoms with Crippen molar-refractivity contribution in [3.8, 4) is 0 Å². The first-order chi connectivity index (χ1) is 12.4. The van der Waals surface area contributed by atoms with Crippen LogP contribution in [0.5, 0.6) is 0 Å². The molecule has 148 valence electrons. The summed E-state index contributed by atoms with van der Waals surface area (Å²) in [6.07, 6.45) is -7.26. The van der Waals surface area contributed by atoms with Crippen molar-refractivity contribution >= 4 is 5.91 Å². The average molecular weight is 393 g/mol. The molecule has 0 aromatic carbocycles. The Hall–Kier alpha value is -2.10. The maximum absolute atomic E-state index is 13.0. The smallest absolute Gasteiger partial charge is 0.337 e. The van der Waals surface area contributed by atoms with Crippen LogP contribution in [0.4, 0.5) is 26.3 Å². The van der Waals surface area contributed by atoms with Gasteiger partial charge in [-0.15, -0.1) is 0 Å². The Kier molecular flexibility index (Phi) is 4.73. The van der Waals surface area contributed by atoms with Gasteiger partial charge in [0.1, 0.15) is 0 Å². The normalized spacial score (nSPS) is 25.6. The quantitative estimate of drug-likeness (QED) is 0.620. The van der Waals surface area contributed by atoms with Crippen molar-refractivity contribution in [2.45, 2.75) is 44.2 Å². The standard InChI is InChI=1S/C17H17F6N3O/c18-16(19,20)9-15(3-1-12(24)6-15)14(27)26-4-2-13-10(8-26)5-11(7-25-13)17(21,22)23/h1,3,5,7,12H,2,4,6,8-9,24H2/t12-,15+/m1/s1. The highest BCUT2D eigenvalue weighted by atomic mass is 19.4. The molecule has 0 fully saturated rings. The van der Waals surface area contributed by atoms with Gasteiger partial charge in [-0.05, 0) is 18.1 Å². The fourth-order valence-corrected chi connectivity index (χ4v) is 3.66. The molecule has 1 amide bonds. The Balaban J connectivity index is 1.87. The van der Waals surface area contributed by atoms with Gasteiger partial charge < -0.3 is 10.6 Å². The van der Waals surface area contributed by atoms with Crippen LogP contribution in [-0.4, -0.2) is 34.6 Å². The third-order valence-corrected chi connectivity index (χ3v) is 4.86. The predicted molar refractivity (Wildman–Crippen MR) is 83.2 cm³/mol. The largest absolute Gasteiger partial charge is 0.417 e. The van der Waals surface area contributed by atoms with Crippen molar-refractivity contribution in [1.29, 1.82) is 0 Å². The van der Waals surface area contributed by atoms with Crippen molar-refractivity contribution in [1.82, 2.24) is 9.88 Å². The highest BCUT2D eigenvalue weighted by Crippen LogP contribution is 2.44. The molecule has 27 heavy (non-hydrogen) atoms. The van der Waals surface area contributed by atoms with E-state index in [2.05, 4.69) is 4.98 Å². The number of alkyl halides is 6. The van der Waals surface area contributed by atoms with Crippen LogP contribution in [0.2, 0.25) is 0 Å². The third kappa shape index (κ3) is 4.10. The van der Waals surface area contributed by atoms with Gasteiger partial charge in [0.2, 0.25) is 5.91 Å². The summed E-state index contributed by atoms with van der Waals surface area (Å²) in [6, 6.07) is 0.223. The van der Waals surface area contributed by atoms with Crippen LogP contribution in [-0.2, 0) is 23.9 Å². The number of aromatic nitrogens is 1. The number of carbonyl (C=O) groups excluding carboxylic acids is 1. The fourth-order valence-electron chi connectivity index (χ4n) is 3.66. The Morgan fingerprint density at radius 3 is 2.56 bits per heavy atom. The van der Waals surface area contributed by atoms with Gasteiger partial charge in [0.05, 0.1) is 17.4 Å². The van der Waals surface area contributed by atoms with E-state index in [4.69, 9.17) is 5.73 Å². The SMILES string of the molecule is N[C@@H]1C=C[C@](CC(F)(F)F)(C(=O)N2CCc3ncc(C(F)(F)F)cc3C2)C1. The Labute approximate surface area is 151 Å². The molecular weight excluding hydrogens is 376 g/mol. The molecule has 0 bridgehead atoms. The van der Waals surface area contributed by atoms with Gasteiger partial charge in [0.15, 0.2) is 0 Å². The number of hydrogen-bond acceptors (Lipinski definition) is 3. The molecule has 2 heterocycles. The van der Waals surface area contributed by atoms with Crippen LogP contribution in [0.25, 0.3) is 0 Å². The number of nitrogens with two attached hydrogens (primary N) is 1. The lowest BCUT2D eigenvalue weighted by Gasteiger charge is -2.36. The second-order valence-corrected chi connectivity index (χ2v) is 6.98. The minimum atomic E-state index is -4.59. The molecule has 2 N–H and O–H groups in total. The van der Waals surface area contributed by atoms with E-state index in [1.807, 2.05) is 0 Å². The highest BCUT2D eigenvalue weighted by molar-refractivity contribution is 5.86. The monoisotopic (exact) mass is 393 g/mol. The van der Waals surface area contributed by atoms with Gasteiger partial charge in [0, 0.05) is 37.4 Å². The summed E-state index contributed by atoms with van der Waals surface area (Å²) < 4.78 is 77.8. The van der Waals surface area contributed by atoms with Crippen molar-refractivity contribution < 1.29 is 31.1 Å². The van der Waals surface area contributed by atoms with E-state index in [9.17, 15) is 31.1 Å². The molecule has 0 saturated heterocycles. The molecule has 0 saturated carbocycles. The zero-order valence-electron chi connectivity index (χ0n) is 14.1. The molecule has 1 aliphatic carbocycles. The topological polar surface area (TPSA) is 59.2 Å². The molecule has 0 radical (unpaired) electrons. The lowest BCUT2D eigenvalue weighted by atomic mass is 9.81. The van der Waals surface area contributed by atoms with Crippen molar-refractivity contribution in [2.75, 3.05) is 6.54 Å². The van der Waals surface area contributed by atoms with E-state index in [-0.39, 0.29) is 31.5 Å². The summed E-state index contributed by atoms with van der Waals surface area (Å²) in [7, 11) is 0. The zero-order valence-corrected chi connectivity index (χ0v) is 14.1. The van der Waals surface area contributed by atoms with Gasteiger partial charge >= 0.3 is 12.4 Å². The lowest BCUT2D eigenvalue weighted by Crippen LogP contribution is -2.47. The molecule has 1 aromatic rings. The summed E-state index contributed by atoms with van der Waals surface area (Å²) in [4.78, 5) is 17.9. The minimum absolute atomic E-state index is 0.0902. The second kappa shape index (κ2) is 6.50. The first-order valence-electron chi connectivity index (χ1n) is 8.26. The molecule has 2 atom stereocenters. The molecule has 1 aliphatic heterocycles. The van der Waals surface area contributed by atoms with Gasteiger partial charge in [-0.3, -0.25) is 9.78 Å². The fraction of sp³-hybridized carbons (Fsp3) is 0.529. The molecule has 10 heteroatoms. The number of nitrogens with zero attached hydrogens (tertiary/aromatic N) is 2. The summed E-state index contributed by atoms with van der Waals surface area (Å²) in [5.74, 6) is -0.771. The van der Waals surface area contributed by atoms with E-state index in [0.717, 1.165) is 17.2 Å². The summed E-state index contributed by atoms with van der Waals surface area (Å²) in [5.41, 5.74) is 3.52. The van der Waals surface area contributed by atoms with E-state index in [1.54, 1.807) is 0 Å². The Bertz CT molecular complexity index is 773. The van der Waals surface area contributed by atoms with Gasteiger partial charge in [-0.25, -0.2) is 0 Å². The maximum Gasteiger partial charge on any atom is 0.417 e. The zero-order chi connectivity index (χ0) is 20.0. The molecule has 2 aliphatic rings. The summed E-state index contributed by atoms with van der Waals surface area (Å²) in [5, 5.41) is 0. The molecule has 0 spiro atoms. The van der Waals surface area contributed by atoms with Crippen LogP contribution in [0.3, 0.4) is 0 Å². The number of rotatable bonds is 2. The van der Waals surface area contributed by atoms with E-state index < -0.39 is 41.7 Å². The molecular formula is C17H17F6N3O. The predicted octanol–water partition coefficient (Wildman–Crippen LogP) is 3.21. The number of carbonyl (C=O) groups is 1. The first-order valence-corrected chi connectivity index (χ1v) is 8.26. The van der Waals surface area contributed by atoms with Gasteiger partial charge in [0.25, 0.3) is 0 Å². The number of pyridine rings is 1. The third-order valence-electron chi connectivity index (χ3n) is 4.86. The van der Waals surface area contributed by atoms with Crippen LogP contribution >= 0.6 is 0 Å². The van der Waals surface area contributed by atoms with Crippen LogP contribution < -0.4 is 5.73 Å².